The van der Waals surface area contributed by atoms with Gasteiger partial charge in [-0.1, -0.05) is 74.8 Å². The Balaban J connectivity index is 1.89. The molecule has 0 aromatic heterocycles. The van der Waals surface area contributed by atoms with Crippen molar-refractivity contribution in [2.24, 2.45) is 10.5 Å². The van der Waals surface area contributed by atoms with Gasteiger partial charge in [0, 0.05) is 4.47 Å². The van der Waals surface area contributed by atoms with E-state index >= 15 is 0 Å². The zero-order valence-electron chi connectivity index (χ0n) is 18.2. The summed E-state index contributed by atoms with van der Waals surface area (Å²) >= 11 is 3.43. The number of halogens is 1. The highest BCUT2D eigenvalue weighted by molar-refractivity contribution is 9.10. The van der Waals surface area contributed by atoms with Gasteiger partial charge in [-0.05, 0) is 59.6 Å². The van der Waals surface area contributed by atoms with Crippen LogP contribution in [0, 0.1) is 5.41 Å². The van der Waals surface area contributed by atoms with E-state index in [0.717, 1.165) is 22.2 Å². The largest absolute Gasteiger partial charge is 0.484 e. The molecule has 29 heavy (non-hydrogen) atoms. The van der Waals surface area contributed by atoms with Gasteiger partial charge in [-0.15, -0.1) is 0 Å². The maximum atomic E-state index is 12.0. The number of rotatable bonds is 7. The Bertz CT molecular complexity index is 865. The third-order valence-electron chi connectivity index (χ3n) is 4.57. The molecule has 2 rings (SSSR count). The number of amides is 1. The lowest BCUT2D eigenvalue weighted by molar-refractivity contribution is -0.123. The van der Waals surface area contributed by atoms with Crippen LogP contribution in [0.2, 0.25) is 0 Å². The summed E-state index contributed by atoms with van der Waals surface area (Å²) in [4.78, 5) is 12.0. The molecule has 0 unspecified atom stereocenters. The van der Waals surface area contributed by atoms with E-state index in [1.165, 1.54) is 5.56 Å². The van der Waals surface area contributed by atoms with Crippen molar-refractivity contribution >= 4 is 27.5 Å². The van der Waals surface area contributed by atoms with Crippen LogP contribution in [0.1, 0.15) is 59.1 Å². The molecule has 0 saturated carbocycles. The molecule has 0 spiro atoms. The third-order valence-corrected chi connectivity index (χ3v) is 5.06. The lowest BCUT2D eigenvalue weighted by atomic mass is 9.72. The van der Waals surface area contributed by atoms with Crippen LogP contribution in [0.5, 0.6) is 5.75 Å². The second-order valence-corrected chi connectivity index (χ2v) is 10.1. The van der Waals surface area contributed by atoms with Gasteiger partial charge < -0.3 is 4.74 Å². The summed E-state index contributed by atoms with van der Waals surface area (Å²) in [5.41, 5.74) is 5.80. The van der Waals surface area contributed by atoms with Gasteiger partial charge in [0.25, 0.3) is 5.91 Å². The van der Waals surface area contributed by atoms with Crippen molar-refractivity contribution in [3.8, 4) is 5.75 Å². The number of hydrogen-bond donors (Lipinski definition) is 1. The molecule has 0 heterocycles. The number of hydrazone groups is 1. The van der Waals surface area contributed by atoms with Crippen LogP contribution in [0.4, 0.5) is 0 Å². The number of carbonyl (C=O) groups is 1. The Morgan fingerprint density at radius 2 is 1.72 bits per heavy atom. The van der Waals surface area contributed by atoms with E-state index in [1.807, 2.05) is 43.3 Å². The number of hydrogen-bond acceptors (Lipinski definition) is 3. The number of carbonyl (C=O) groups excluding carboxylic acids is 1. The molecule has 0 aliphatic carbocycles. The molecule has 1 N–H and O–H groups in total. The molecule has 5 heteroatoms. The molecule has 0 bridgehead atoms. The van der Waals surface area contributed by atoms with Crippen molar-refractivity contribution in [2.45, 2.75) is 53.4 Å². The first kappa shape index (κ1) is 23.1. The van der Waals surface area contributed by atoms with Crippen molar-refractivity contribution in [3.05, 3.63) is 64.1 Å². The molecule has 0 atom stereocenters. The first-order valence-corrected chi connectivity index (χ1v) is 10.6. The van der Waals surface area contributed by atoms with Crippen molar-refractivity contribution < 1.29 is 9.53 Å². The summed E-state index contributed by atoms with van der Waals surface area (Å²) in [6.07, 6.45) is 1.08. The third kappa shape index (κ3) is 7.65. The summed E-state index contributed by atoms with van der Waals surface area (Å²) in [6, 6.07) is 15.8. The number of nitrogens with zero attached hydrogens (tertiary/aromatic N) is 1. The lowest BCUT2D eigenvalue weighted by Gasteiger charge is -2.33. The number of benzene rings is 2. The smallest absolute Gasteiger partial charge is 0.277 e. The van der Waals surface area contributed by atoms with Crippen LogP contribution in [0.15, 0.2) is 58.1 Å². The molecule has 2 aromatic carbocycles. The molecule has 156 valence electrons. The van der Waals surface area contributed by atoms with Crippen LogP contribution in [0.25, 0.3) is 0 Å². The molecule has 1 amide bonds. The fraction of sp³-hybridized carbons (Fsp3) is 0.417. The normalized spacial score (nSPS) is 12.6. The Kier molecular flexibility index (Phi) is 7.64. The monoisotopic (exact) mass is 458 g/mol. The quantitative estimate of drug-likeness (QED) is 0.403. The Morgan fingerprint density at radius 1 is 1.07 bits per heavy atom. The predicted octanol–water partition coefficient (Wildman–Crippen LogP) is 6.08. The second kappa shape index (κ2) is 9.57. The molecule has 0 aliphatic heterocycles. The number of ether oxygens (including phenoxy) is 1. The van der Waals surface area contributed by atoms with E-state index in [9.17, 15) is 4.79 Å². The minimum atomic E-state index is -0.295. The van der Waals surface area contributed by atoms with E-state index in [4.69, 9.17) is 4.74 Å². The summed E-state index contributed by atoms with van der Waals surface area (Å²) in [5, 5.41) is 4.14. The van der Waals surface area contributed by atoms with Gasteiger partial charge in [-0.3, -0.25) is 4.79 Å². The SMILES string of the molecule is C/C(=N/NC(=O)COc1ccc(C(C)(C)CC(C)(C)C)cc1)c1cccc(Br)c1. The summed E-state index contributed by atoms with van der Waals surface area (Å²) in [6.45, 7) is 13.0. The summed E-state index contributed by atoms with van der Waals surface area (Å²) < 4.78 is 6.57. The number of nitrogens with one attached hydrogen (secondary N) is 1. The first-order valence-electron chi connectivity index (χ1n) is 9.79. The highest BCUT2D eigenvalue weighted by atomic mass is 79.9. The molecule has 0 aliphatic rings. The molecule has 0 fully saturated rings. The molecule has 0 radical (unpaired) electrons. The molecule has 0 saturated heterocycles. The van der Waals surface area contributed by atoms with E-state index < -0.39 is 0 Å². The van der Waals surface area contributed by atoms with Crippen LogP contribution in [0.3, 0.4) is 0 Å². The average Bonchev–Trinajstić information content (AvgIpc) is 2.63. The lowest BCUT2D eigenvalue weighted by Crippen LogP contribution is -2.26. The topological polar surface area (TPSA) is 50.7 Å². The summed E-state index contributed by atoms with van der Waals surface area (Å²) in [7, 11) is 0. The van der Waals surface area contributed by atoms with Crippen molar-refractivity contribution in [1.82, 2.24) is 5.43 Å². The fourth-order valence-electron chi connectivity index (χ4n) is 3.54. The van der Waals surface area contributed by atoms with Crippen LogP contribution in [-0.4, -0.2) is 18.2 Å². The average molecular weight is 459 g/mol. The fourth-order valence-corrected chi connectivity index (χ4v) is 3.93. The van der Waals surface area contributed by atoms with Gasteiger partial charge in [-0.2, -0.15) is 5.10 Å². The van der Waals surface area contributed by atoms with Crippen molar-refractivity contribution in [3.63, 3.8) is 0 Å². The molecular formula is C24H31BrN2O2. The molecule has 4 nitrogen and oxygen atoms in total. The zero-order valence-corrected chi connectivity index (χ0v) is 19.8. The maximum Gasteiger partial charge on any atom is 0.277 e. The van der Waals surface area contributed by atoms with Crippen LogP contribution in [-0.2, 0) is 10.2 Å². The van der Waals surface area contributed by atoms with Gasteiger partial charge in [0.1, 0.15) is 5.75 Å². The Morgan fingerprint density at radius 3 is 2.31 bits per heavy atom. The van der Waals surface area contributed by atoms with Gasteiger partial charge in [0.2, 0.25) is 0 Å². The highest BCUT2D eigenvalue weighted by Crippen LogP contribution is 2.36. The predicted molar refractivity (Wildman–Crippen MR) is 124 cm³/mol. The second-order valence-electron chi connectivity index (χ2n) is 9.18. The van der Waals surface area contributed by atoms with E-state index in [1.54, 1.807) is 0 Å². The maximum absolute atomic E-state index is 12.0. The molecule has 2 aromatic rings. The van der Waals surface area contributed by atoms with E-state index in [-0.39, 0.29) is 23.3 Å². The molecular weight excluding hydrogens is 428 g/mol. The van der Waals surface area contributed by atoms with Gasteiger partial charge in [0.15, 0.2) is 6.61 Å². The van der Waals surface area contributed by atoms with Gasteiger partial charge in [0.05, 0.1) is 5.71 Å². The van der Waals surface area contributed by atoms with Crippen LogP contribution >= 0.6 is 15.9 Å². The first-order chi connectivity index (χ1) is 13.5. The zero-order chi connectivity index (χ0) is 21.7. The van der Waals surface area contributed by atoms with Crippen molar-refractivity contribution in [1.29, 1.82) is 0 Å². The minimum absolute atomic E-state index is 0.0762. The summed E-state index contributed by atoms with van der Waals surface area (Å²) in [5.74, 6) is 0.375. The minimum Gasteiger partial charge on any atom is -0.484 e. The van der Waals surface area contributed by atoms with E-state index in [2.05, 4.69) is 73.2 Å². The highest BCUT2D eigenvalue weighted by Gasteiger charge is 2.27. The Labute approximate surface area is 182 Å². The van der Waals surface area contributed by atoms with Gasteiger partial charge >= 0.3 is 0 Å². The van der Waals surface area contributed by atoms with E-state index in [0.29, 0.717) is 5.75 Å². The van der Waals surface area contributed by atoms with Crippen LogP contribution < -0.4 is 10.2 Å². The van der Waals surface area contributed by atoms with Crippen molar-refractivity contribution in [2.75, 3.05) is 6.61 Å². The Hall–Kier alpha value is -2.14. The van der Waals surface area contributed by atoms with Gasteiger partial charge in [-0.25, -0.2) is 5.43 Å². The standard InChI is InChI=1S/C24H31BrN2O2/c1-17(18-8-7-9-20(25)14-18)26-27-22(28)15-29-21-12-10-19(11-13-21)24(5,6)16-23(2,3)4/h7-14H,15-16H2,1-6H3,(H,27,28)/b26-17-.